The number of thioether (sulfide) groups is 1. The highest BCUT2D eigenvalue weighted by Gasteiger charge is 2.34. The second-order valence-electron chi connectivity index (χ2n) is 6.95. The van der Waals surface area contributed by atoms with Crippen molar-refractivity contribution in [1.29, 1.82) is 0 Å². The summed E-state index contributed by atoms with van der Waals surface area (Å²) < 4.78 is 24.7. The van der Waals surface area contributed by atoms with Gasteiger partial charge in [-0.05, 0) is 66.1 Å². The van der Waals surface area contributed by atoms with Crippen LogP contribution in [-0.4, -0.2) is 29.7 Å². The van der Waals surface area contributed by atoms with Crippen LogP contribution < -0.4 is 9.47 Å². The Labute approximate surface area is 185 Å². The van der Waals surface area contributed by atoms with Crippen molar-refractivity contribution in [2.45, 2.75) is 26.4 Å². The van der Waals surface area contributed by atoms with Gasteiger partial charge in [-0.2, -0.15) is 0 Å². The standard InChI is InChI=1S/C24H24FNO4S/c1-4-6-18-12-17(14-21-23(27)26(11-5-2)24(28)31-21)13-20(29-3)22(18)30-15-16-7-9-19(25)10-8-16/h4,7-10,12-14H,1,5-6,11,15H2,2-3H3/b21-14+. The first-order valence-corrected chi connectivity index (χ1v) is 10.7. The molecule has 0 unspecified atom stereocenters. The van der Waals surface area contributed by atoms with E-state index in [1.54, 1.807) is 30.4 Å². The van der Waals surface area contributed by atoms with Crippen molar-refractivity contribution in [1.82, 2.24) is 4.90 Å². The van der Waals surface area contributed by atoms with Gasteiger partial charge in [-0.15, -0.1) is 6.58 Å². The monoisotopic (exact) mass is 441 g/mol. The fourth-order valence-corrected chi connectivity index (χ4v) is 4.06. The number of amides is 2. The third-order valence-corrected chi connectivity index (χ3v) is 5.56. The lowest BCUT2D eigenvalue weighted by Gasteiger charge is -2.16. The number of methoxy groups -OCH3 is 1. The molecular formula is C24H24FNO4S. The van der Waals surface area contributed by atoms with Crippen LogP contribution in [0.5, 0.6) is 11.5 Å². The van der Waals surface area contributed by atoms with Crippen molar-refractivity contribution in [3.8, 4) is 11.5 Å². The Kier molecular flexibility index (Phi) is 7.52. The number of hydrogen-bond donors (Lipinski definition) is 0. The second kappa shape index (κ2) is 10.3. The zero-order chi connectivity index (χ0) is 22.4. The Hall–Kier alpha value is -3.06. The molecule has 7 heteroatoms. The van der Waals surface area contributed by atoms with Crippen LogP contribution in [0.15, 0.2) is 54.0 Å². The van der Waals surface area contributed by atoms with Gasteiger partial charge in [-0.3, -0.25) is 14.5 Å². The predicted octanol–water partition coefficient (Wildman–Crippen LogP) is 5.59. The van der Waals surface area contributed by atoms with Gasteiger partial charge in [0.15, 0.2) is 11.5 Å². The lowest BCUT2D eigenvalue weighted by atomic mass is 10.0. The average molecular weight is 442 g/mol. The van der Waals surface area contributed by atoms with Crippen LogP contribution in [0.1, 0.15) is 30.0 Å². The molecule has 2 aromatic carbocycles. The summed E-state index contributed by atoms with van der Waals surface area (Å²) in [5, 5.41) is -0.254. The SMILES string of the molecule is C=CCc1cc(/C=C2/SC(=O)N(CCC)C2=O)cc(OC)c1OCc1ccc(F)cc1. The molecule has 0 aliphatic carbocycles. The van der Waals surface area contributed by atoms with Crippen LogP contribution in [-0.2, 0) is 17.8 Å². The first kappa shape index (κ1) is 22.6. The van der Waals surface area contributed by atoms with Gasteiger partial charge in [0.1, 0.15) is 12.4 Å². The molecular weight excluding hydrogens is 417 g/mol. The molecule has 1 fully saturated rings. The quantitative estimate of drug-likeness (QED) is 0.375. The number of carbonyl (C=O) groups is 2. The van der Waals surface area contributed by atoms with E-state index in [1.165, 1.54) is 24.1 Å². The second-order valence-corrected chi connectivity index (χ2v) is 7.95. The number of hydrogen-bond acceptors (Lipinski definition) is 5. The Morgan fingerprint density at radius 2 is 1.94 bits per heavy atom. The first-order chi connectivity index (χ1) is 15.0. The van der Waals surface area contributed by atoms with E-state index < -0.39 is 0 Å². The number of imide groups is 1. The number of allylic oxidation sites excluding steroid dienone is 1. The van der Waals surface area contributed by atoms with Crippen molar-refractivity contribution < 1.29 is 23.5 Å². The molecule has 3 rings (SSSR count). The molecule has 0 radical (unpaired) electrons. The maximum atomic E-state index is 13.1. The molecule has 2 amide bonds. The number of benzene rings is 2. The van der Waals surface area contributed by atoms with Gasteiger partial charge in [0.2, 0.25) is 0 Å². The highest BCUT2D eigenvalue weighted by Crippen LogP contribution is 2.37. The summed E-state index contributed by atoms with van der Waals surface area (Å²) in [7, 11) is 1.54. The summed E-state index contributed by atoms with van der Waals surface area (Å²) in [5.74, 6) is 0.475. The van der Waals surface area contributed by atoms with Crippen LogP contribution in [0, 0.1) is 5.82 Å². The molecule has 0 aromatic heterocycles. The Morgan fingerprint density at radius 3 is 2.58 bits per heavy atom. The van der Waals surface area contributed by atoms with Crippen molar-refractivity contribution in [3.05, 3.63) is 76.5 Å². The van der Waals surface area contributed by atoms with Crippen LogP contribution in [0.25, 0.3) is 6.08 Å². The van der Waals surface area contributed by atoms with E-state index in [-0.39, 0.29) is 23.6 Å². The number of nitrogens with zero attached hydrogens (tertiary/aromatic N) is 1. The van der Waals surface area contributed by atoms with E-state index in [0.29, 0.717) is 35.8 Å². The highest BCUT2D eigenvalue weighted by atomic mass is 32.2. The maximum Gasteiger partial charge on any atom is 0.293 e. The largest absolute Gasteiger partial charge is 0.493 e. The molecule has 0 saturated carbocycles. The summed E-state index contributed by atoms with van der Waals surface area (Å²) in [5.41, 5.74) is 2.38. The fraction of sp³-hybridized carbons (Fsp3) is 0.250. The summed E-state index contributed by atoms with van der Waals surface area (Å²) in [6.45, 7) is 6.38. The van der Waals surface area contributed by atoms with Crippen LogP contribution >= 0.6 is 11.8 Å². The normalized spacial score (nSPS) is 14.9. The number of halogens is 1. The molecule has 0 spiro atoms. The van der Waals surface area contributed by atoms with E-state index in [1.807, 2.05) is 13.0 Å². The van der Waals surface area contributed by atoms with Gasteiger partial charge >= 0.3 is 0 Å². The van der Waals surface area contributed by atoms with Gasteiger partial charge in [-0.25, -0.2) is 4.39 Å². The minimum absolute atomic E-state index is 0.246. The summed E-state index contributed by atoms with van der Waals surface area (Å²) in [4.78, 5) is 26.3. The fourth-order valence-electron chi connectivity index (χ4n) is 3.19. The number of rotatable bonds is 9. The average Bonchev–Trinajstić information content (AvgIpc) is 3.01. The van der Waals surface area contributed by atoms with Gasteiger partial charge in [0.25, 0.3) is 11.1 Å². The molecule has 162 valence electrons. The molecule has 0 bridgehead atoms. The van der Waals surface area contributed by atoms with Crippen LogP contribution in [0.2, 0.25) is 0 Å². The Bertz CT molecular complexity index is 1020. The van der Waals surface area contributed by atoms with E-state index in [4.69, 9.17) is 9.47 Å². The number of ether oxygens (including phenoxy) is 2. The van der Waals surface area contributed by atoms with Crippen molar-refractivity contribution in [2.75, 3.05) is 13.7 Å². The van der Waals surface area contributed by atoms with E-state index >= 15 is 0 Å². The zero-order valence-electron chi connectivity index (χ0n) is 17.5. The van der Waals surface area contributed by atoms with Gasteiger partial charge in [0, 0.05) is 12.1 Å². The predicted molar refractivity (Wildman–Crippen MR) is 121 cm³/mol. The summed E-state index contributed by atoms with van der Waals surface area (Å²) in [6.07, 6.45) is 4.68. The topological polar surface area (TPSA) is 55.8 Å². The molecule has 0 N–H and O–H groups in total. The van der Waals surface area contributed by atoms with E-state index in [9.17, 15) is 14.0 Å². The molecule has 5 nitrogen and oxygen atoms in total. The maximum absolute atomic E-state index is 13.1. The smallest absolute Gasteiger partial charge is 0.293 e. The number of carbonyl (C=O) groups excluding carboxylic acids is 2. The highest BCUT2D eigenvalue weighted by molar-refractivity contribution is 8.18. The molecule has 1 aliphatic heterocycles. The molecule has 31 heavy (non-hydrogen) atoms. The van der Waals surface area contributed by atoms with Gasteiger partial charge in [0.05, 0.1) is 12.0 Å². The summed E-state index contributed by atoms with van der Waals surface area (Å²) in [6, 6.07) is 9.74. The van der Waals surface area contributed by atoms with E-state index in [0.717, 1.165) is 28.5 Å². The van der Waals surface area contributed by atoms with Crippen LogP contribution in [0.4, 0.5) is 9.18 Å². The molecule has 1 aliphatic rings. The zero-order valence-corrected chi connectivity index (χ0v) is 18.3. The van der Waals surface area contributed by atoms with E-state index in [2.05, 4.69) is 6.58 Å². The van der Waals surface area contributed by atoms with Gasteiger partial charge < -0.3 is 9.47 Å². The van der Waals surface area contributed by atoms with Crippen LogP contribution in [0.3, 0.4) is 0 Å². The lowest BCUT2D eigenvalue weighted by molar-refractivity contribution is -0.122. The lowest BCUT2D eigenvalue weighted by Crippen LogP contribution is -2.28. The molecule has 2 aromatic rings. The minimum Gasteiger partial charge on any atom is -0.493 e. The molecule has 1 heterocycles. The minimum atomic E-state index is -0.304. The summed E-state index contributed by atoms with van der Waals surface area (Å²) >= 11 is 0.938. The Balaban J connectivity index is 1.90. The first-order valence-electron chi connectivity index (χ1n) is 9.91. The van der Waals surface area contributed by atoms with Gasteiger partial charge in [-0.1, -0.05) is 25.1 Å². The third-order valence-electron chi connectivity index (χ3n) is 4.65. The van der Waals surface area contributed by atoms with Crippen molar-refractivity contribution in [3.63, 3.8) is 0 Å². The Morgan fingerprint density at radius 1 is 1.19 bits per heavy atom. The molecule has 0 atom stereocenters. The molecule has 1 saturated heterocycles. The third kappa shape index (κ3) is 5.35. The van der Waals surface area contributed by atoms with Crippen molar-refractivity contribution >= 4 is 29.0 Å². The van der Waals surface area contributed by atoms with Crippen molar-refractivity contribution in [2.24, 2.45) is 0 Å².